The molecule has 21 heavy (non-hydrogen) atoms. The Labute approximate surface area is 128 Å². The smallest absolute Gasteiger partial charge is 0.119 e. The summed E-state index contributed by atoms with van der Waals surface area (Å²) in [5.74, 6) is 0.926. The van der Waals surface area contributed by atoms with Gasteiger partial charge in [0.25, 0.3) is 0 Å². The molecule has 2 N–H and O–H groups in total. The molecule has 1 aromatic rings. The zero-order valence-corrected chi connectivity index (χ0v) is 13.6. The molecule has 2 rings (SSSR count). The molecule has 3 heteroatoms. The SMILES string of the molecule is CC(C)(C)C1=CCN(CCOc2ccc(CN)cc2)CC1. The van der Waals surface area contributed by atoms with Crippen molar-refractivity contribution in [1.82, 2.24) is 4.90 Å². The van der Waals surface area contributed by atoms with Crippen molar-refractivity contribution in [3.63, 3.8) is 0 Å². The second-order valence-electron chi connectivity index (χ2n) is 6.73. The van der Waals surface area contributed by atoms with Crippen molar-refractivity contribution in [1.29, 1.82) is 0 Å². The molecule has 1 aliphatic rings. The van der Waals surface area contributed by atoms with E-state index in [0.29, 0.717) is 12.0 Å². The van der Waals surface area contributed by atoms with E-state index in [-0.39, 0.29) is 0 Å². The Bertz CT molecular complexity index is 471. The highest BCUT2D eigenvalue weighted by molar-refractivity contribution is 5.27. The summed E-state index contributed by atoms with van der Waals surface area (Å²) in [4.78, 5) is 2.45. The van der Waals surface area contributed by atoms with Gasteiger partial charge in [-0.1, -0.05) is 44.6 Å². The van der Waals surface area contributed by atoms with Crippen LogP contribution in [0.3, 0.4) is 0 Å². The highest BCUT2D eigenvalue weighted by atomic mass is 16.5. The highest BCUT2D eigenvalue weighted by Gasteiger charge is 2.20. The topological polar surface area (TPSA) is 38.5 Å². The minimum absolute atomic E-state index is 0.313. The Morgan fingerprint density at radius 1 is 1.19 bits per heavy atom. The Morgan fingerprint density at radius 2 is 1.90 bits per heavy atom. The molecule has 0 unspecified atom stereocenters. The average Bonchev–Trinajstić information content (AvgIpc) is 2.47. The van der Waals surface area contributed by atoms with Crippen LogP contribution in [0.2, 0.25) is 0 Å². The zero-order valence-electron chi connectivity index (χ0n) is 13.6. The summed E-state index contributed by atoms with van der Waals surface area (Å²) in [6.45, 7) is 11.4. The summed E-state index contributed by atoms with van der Waals surface area (Å²) in [5.41, 5.74) is 8.62. The van der Waals surface area contributed by atoms with Gasteiger partial charge in [0.15, 0.2) is 0 Å². The van der Waals surface area contributed by atoms with Gasteiger partial charge in [0.1, 0.15) is 12.4 Å². The number of benzene rings is 1. The second-order valence-corrected chi connectivity index (χ2v) is 6.73. The largest absolute Gasteiger partial charge is 0.492 e. The maximum Gasteiger partial charge on any atom is 0.119 e. The summed E-state index contributed by atoms with van der Waals surface area (Å²) in [7, 11) is 0. The minimum atomic E-state index is 0.313. The van der Waals surface area contributed by atoms with Crippen molar-refractivity contribution in [2.45, 2.75) is 33.7 Å². The van der Waals surface area contributed by atoms with Crippen molar-refractivity contribution < 1.29 is 4.74 Å². The Balaban J connectivity index is 1.73. The van der Waals surface area contributed by atoms with Crippen LogP contribution in [0.5, 0.6) is 5.75 Å². The van der Waals surface area contributed by atoms with Gasteiger partial charge in [0.05, 0.1) is 0 Å². The van der Waals surface area contributed by atoms with Crippen LogP contribution < -0.4 is 10.5 Å². The number of nitrogens with two attached hydrogens (primary N) is 1. The van der Waals surface area contributed by atoms with Crippen LogP contribution >= 0.6 is 0 Å². The molecule has 116 valence electrons. The number of nitrogens with zero attached hydrogens (tertiary/aromatic N) is 1. The first-order valence-electron chi connectivity index (χ1n) is 7.83. The van der Waals surface area contributed by atoms with E-state index in [2.05, 4.69) is 31.7 Å². The van der Waals surface area contributed by atoms with Gasteiger partial charge in [-0.2, -0.15) is 0 Å². The standard InChI is InChI=1S/C18H28N2O/c1-18(2,3)16-8-10-20(11-9-16)12-13-21-17-6-4-15(14-19)5-7-17/h4-8H,9-14,19H2,1-3H3. The van der Waals surface area contributed by atoms with Crippen LogP contribution in [-0.4, -0.2) is 31.1 Å². The molecule has 0 bridgehead atoms. The molecule has 0 fully saturated rings. The molecule has 0 radical (unpaired) electrons. The van der Waals surface area contributed by atoms with Gasteiger partial charge in [0, 0.05) is 26.2 Å². The number of rotatable bonds is 5. The predicted molar refractivity (Wildman–Crippen MR) is 88.4 cm³/mol. The Kier molecular flexibility index (Phi) is 5.43. The molecule has 3 nitrogen and oxygen atoms in total. The van der Waals surface area contributed by atoms with Gasteiger partial charge in [-0.25, -0.2) is 0 Å². The van der Waals surface area contributed by atoms with Crippen molar-refractivity contribution in [3.05, 3.63) is 41.5 Å². The highest BCUT2D eigenvalue weighted by Crippen LogP contribution is 2.29. The lowest BCUT2D eigenvalue weighted by Gasteiger charge is -2.32. The van der Waals surface area contributed by atoms with E-state index in [0.717, 1.165) is 37.6 Å². The van der Waals surface area contributed by atoms with Crippen LogP contribution in [0, 0.1) is 5.41 Å². The Morgan fingerprint density at radius 3 is 2.43 bits per heavy atom. The van der Waals surface area contributed by atoms with E-state index in [1.807, 2.05) is 24.3 Å². The van der Waals surface area contributed by atoms with Gasteiger partial charge < -0.3 is 10.5 Å². The average molecular weight is 288 g/mol. The quantitative estimate of drug-likeness (QED) is 0.846. The molecule has 0 saturated heterocycles. The van der Waals surface area contributed by atoms with Crippen molar-refractivity contribution >= 4 is 0 Å². The van der Waals surface area contributed by atoms with Crippen LogP contribution in [-0.2, 0) is 6.54 Å². The van der Waals surface area contributed by atoms with Gasteiger partial charge >= 0.3 is 0 Å². The third kappa shape index (κ3) is 4.87. The molecular formula is C18H28N2O. The van der Waals surface area contributed by atoms with Gasteiger partial charge in [-0.15, -0.1) is 0 Å². The summed E-state index contributed by atoms with van der Waals surface area (Å²) in [5, 5.41) is 0. The maximum absolute atomic E-state index is 5.80. The Hall–Kier alpha value is -1.32. The fourth-order valence-electron chi connectivity index (χ4n) is 2.61. The summed E-state index contributed by atoms with van der Waals surface area (Å²) >= 11 is 0. The summed E-state index contributed by atoms with van der Waals surface area (Å²) in [6, 6.07) is 8.04. The van der Waals surface area contributed by atoms with Crippen molar-refractivity contribution in [2.75, 3.05) is 26.2 Å². The molecule has 0 amide bonds. The van der Waals surface area contributed by atoms with Gasteiger partial charge in [-0.3, -0.25) is 4.90 Å². The molecular weight excluding hydrogens is 260 g/mol. The maximum atomic E-state index is 5.80. The summed E-state index contributed by atoms with van der Waals surface area (Å²) < 4.78 is 5.80. The van der Waals surface area contributed by atoms with Crippen molar-refractivity contribution in [2.24, 2.45) is 11.1 Å². The van der Waals surface area contributed by atoms with Crippen molar-refractivity contribution in [3.8, 4) is 5.75 Å². The predicted octanol–water partition coefficient (Wildman–Crippen LogP) is 3.20. The number of hydrogen-bond acceptors (Lipinski definition) is 3. The molecule has 0 spiro atoms. The van der Waals surface area contributed by atoms with Crippen LogP contribution in [0.1, 0.15) is 32.8 Å². The first-order chi connectivity index (χ1) is 9.99. The molecule has 0 aliphatic carbocycles. The lowest BCUT2D eigenvalue weighted by molar-refractivity contribution is 0.213. The molecule has 1 aromatic carbocycles. The lowest BCUT2D eigenvalue weighted by Crippen LogP contribution is -2.34. The van der Waals surface area contributed by atoms with Crippen LogP contribution in [0.4, 0.5) is 0 Å². The van der Waals surface area contributed by atoms with E-state index in [1.165, 1.54) is 6.42 Å². The summed E-state index contributed by atoms with van der Waals surface area (Å²) in [6.07, 6.45) is 3.56. The zero-order chi connectivity index (χ0) is 15.3. The minimum Gasteiger partial charge on any atom is -0.492 e. The van der Waals surface area contributed by atoms with Gasteiger partial charge in [0.2, 0.25) is 0 Å². The first kappa shape index (κ1) is 16.1. The molecule has 1 aliphatic heterocycles. The first-order valence-corrected chi connectivity index (χ1v) is 7.83. The van der Waals surface area contributed by atoms with E-state index in [4.69, 9.17) is 10.5 Å². The third-order valence-corrected chi connectivity index (χ3v) is 4.09. The fraction of sp³-hybridized carbons (Fsp3) is 0.556. The normalized spacial score (nSPS) is 16.7. The van der Waals surface area contributed by atoms with E-state index < -0.39 is 0 Å². The number of hydrogen-bond donors (Lipinski definition) is 1. The van der Waals surface area contributed by atoms with Crippen LogP contribution in [0.25, 0.3) is 0 Å². The van der Waals surface area contributed by atoms with E-state index in [9.17, 15) is 0 Å². The molecule has 0 aromatic heterocycles. The molecule has 0 atom stereocenters. The van der Waals surface area contributed by atoms with E-state index in [1.54, 1.807) is 5.57 Å². The van der Waals surface area contributed by atoms with Gasteiger partial charge in [-0.05, 0) is 29.5 Å². The number of ether oxygens (including phenoxy) is 1. The second kappa shape index (κ2) is 7.10. The third-order valence-electron chi connectivity index (χ3n) is 4.09. The molecule has 0 saturated carbocycles. The monoisotopic (exact) mass is 288 g/mol. The molecule has 1 heterocycles. The van der Waals surface area contributed by atoms with Crippen LogP contribution in [0.15, 0.2) is 35.9 Å². The fourth-order valence-corrected chi connectivity index (χ4v) is 2.61. The lowest BCUT2D eigenvalue weighted by atomic mass is 9.83. The van der Waals surface area contributed by atoms with E-state index >= 15 is 0 Å².